The van der Waals surface area contributed by atoms with E-state index in [0.29, 0.717) is 39.9 Å². The van der Waals surface area contributed by atoms with Gasteiger partial charge in [0.2, 0.25) is 5.43 Å². The molecule has 6 heterocycles. The monoisotopic (exact) mass is 570 g/mol. The number of anilines is 2. The summed E-state index contributed by atoms with van der Waals surface area (Å²) in [5.74, 6) is -1.05. The van der Waals surface area contributed by atoms with E-state index in [1.165, 1.54) is 29.4 Å². The van der Waals surface area contributed by atoms with Gasteiger partial charge in [-0.15, -0.1) is 0 Å². The summed E-state index contributed by atoms with van der Waals surface area (Å²) in [7, 11) is 5.54. The Kier molecular flexibility index (Phi) is 6.05. The van der Waals surface area contributed by atoms with Crippen molar-refractivity contribution in [3.05, 3.63) is 58.4 Å². The lowest BCUT2D eigenvalue weighted by Gasteiger charge is -2.39. The summed E-state index contributed by atoms with van der Waals surface area (Å²) < 4.78 is 16.3. The molecule has 11 nitrogen and oxygen atoms in total. The van der Waals surface area contributed by atoms with Gasteiger partial charge in [0, 0.05) is 68.3 Å². The molecule has 42 heavy (non-hydrogen) atoms. The highest BCUT2D eigenvalue weighted by molar-refractivity contribution is 6.18. The van der Waals surface area contributed by atoms with Crippen molar-refractivity contribution in [3.8, 4) is 11.1 Å². The van der Waals surface area contributed by atoms with Gasteiger partial charge in [-0.2, -0.15) is 0 Å². The number of carboxylic acid groups (broad SMARTS) is 1. The third kappa shape index (κ3) is 3.89. The van der Waals surface area contributed by atoms with Gasteiger partial charge in [-0.1, -0.05) is 0 Å². The minimum absolute atomic E-state index is 0.171. The van der Waals surface area contributed by atoms with E-state index in [1.807, 2.05) is 0 Å². The van der Waals surface area contributed by atoms with E-state index < -0.39 is 11.4 Å². The van der Waals surface area contributed by atoms with Crippen LogP contribution in [0.1, 0.15) is 23.2 Å². The number of halogens is 1. The van der Waals surface area contributed by atoms with Gasteiger partial charge in [-0.25, -0.2) is 23.8 Å². The summed E-state index contributed by atoms with van der Waals surface area (Å²) >= 11 is 0. The molecule has 0 amide bonds. The fraction of sp³-hybridized carbons (Fsp3) is 0.333. The zero-order valence-electron chi connectivity index (χ0n) is 23.5. The Morgan fingerprint density at radius 3 is 2.69 bits per heavy atom. The number of carbonyl (C=O) groups is 1. The number of nitrogens with one attached hydrogen (secondary N) is 3. The van der Waals surface area contributed by atoms with E-state index in [4.69, 9.17) is 4.98 Å². The van der Waals surface area contributed by atoms with Crippen LogP contribution in [0.2, 0.25) is 0 Å². The lowest BCUT2D eigenvalue weighted by molar-refractivity contribution is 0.0695. The SMILES string of the molecule is CNc1cc(F)cc2c1[nH]c1ncc(-c3cnc4c(c3)c(=O)c(C(=O)O)cn4NC)c(N3CC[C@@H]4CCN(C)[C@@H]4C3)c12. The summed E-state index contributed by atoms with van der Waals surface area (Å²) in [5.41, 5.74) is 6.49. The highest BCUT2D eigenvalue weighted by atomic mass is 19.1. The molecule has 4 N–H and O–H groups in total. The molecule has 0 aliphatic carbocycles. The molecule has 5 aromatic rings. The van der Waals surface area contributed by atoms with Gasteiger partial charge in [0.15, 0.2) is 5.65 Å². The first-order chi connectivity index (χ1) is 20.3. The van der Waals surface area contributed by atoms with Crippen LogP contribution in [-0.2, 0) is 0 Å². The number of hydrogen-bond donors (Lipinski definition) is 4. The van der Waals surface area contributed by atoms with E-state index in [1.54, 1.807) is 32.6 Å². The molecule has 0 unspecified atom stereocenters. The van der Waals surface area contributed by atoms with Crippen LogP contribution in [0.5, 0.6) is 0 Å². The molecule has 2 aliphatic rings. The maximum absolute atomic E-state index is 14.9. The van der Waals surface area contributed by atoms with Crippen molar-refractivity contribution in [3.63, 3.8) is 0 Å². The molecule has 2 aliphatic heterocycles. The zero-order chi connectivity index (χ0) is 29.3. The van der Waals surface area contributed by atoms with Crippen LogP contribution in [0, 0.1) is 11.7 Å². The normalized spacial score (nSPS) is 19.1. The third-order valence-corrected chi connectivity index (χ3v) is 9.02. The fourth-order valence-electron chi connectivity index (χ4n) is 6.88. The maximum Gasteiger partial charge on any atom is 0.341 e. The number of carboxylic acids is 1. The molecule has 12 heteroatoms. The average Bonchev–Trinajstić information content (AvgIpc) is 3.56. The average molecular weight is 571 g/mol. The van der Waals surface area contributed by atoms with Gasteiger partial charge in [0.25, 0.3) is 0 Å². The second-order valence-corrected chi connectivity index (χ2v) is 11.2. The van der Waals surface area contributed by atoms with Crippen LogP contribution in [0.4, 0.5) is 15.8 Å². The smallest absolute Gasteiger partial charge is 0.341 e. The summed E-state index contributed by atoms with van der Waals surface area (Å²) in [5, 5.41) is 14.4. The van der Waals surface area contributed by atoms with E-state index in [-0.39, 0.29) is 16.8 Å². The van der Waals surface area contributed by atoms with Gasteiger partial charge < -0.3 is 30.6 Å². The first-order valence-corrected chi connectivity index (χ1v) is 14.0. The number of likely N-dealkylation sites (N-methyl/N-ethyl adjacent to an activating group) is 1. The number of aromatic carboxylic acids is 1. The lowest BCUT2D eigenvalue weighted by atomic mass is 9.90. The molecule has 216 valence electrons. The lowest BCUT2D eigenvalue weighted by Crippen LogP contribution is -2.47. The second-order valence-electron chi connectivity index (χ2n) is 11.2. The Labute approximate surface area is 239 Å². The number of rotatable bonds is 5. The van der Waals surface area contributed by atoms with Crippen LogP contribution in [0.3, 0.4) is 0 Å². The number of hydrogen-bond acceptors (Lipinski definition) is 8. The van der Waals surface area contributed by atoms with E-state index >= 15 is 0 Å². The predicted molar refractivity (Wildman–Crippen MR) is 162 cm³/mol. The zero-order valence-corrected chi connectivity index (χ0v) is 23.5. The number of nitrogens with zero attached hydrogens (tertiary/aromatic N) is 5. The Hall–Kier alpha value is -4.71. The first-order valence-electron chi connectivity index (χ1n) is 14.0. The van der Waals surface area contributed by atoms with Crippen molar-refractivity contribution in [1.29, 1.82) is 0 Å². The summed E-state index contributed by atoms with van der Waals surface area (Å²) in [6, 6.07) is 5.06. The van der Waals surface area contributed by atoms with Crippen LogP contribution in [0.25, 0.3) is 44.1 Å². The fourth-order valence-corrected chi connectivity index (χ4v) is 6.88. The van der Waals surface area contributed by atoms with Crippen LogP contribution < -0.4 is 21.1 Å². The van der Waals surface area contributed by atoms with Crippen LogP contribution in [-0.4, -0.2) is 82.4 Å². The molecular weight excluding hydrogens is 539 g/mol. The van der Waals surface area contributed by atoms with E-state index in [0.717, 1.165) is 48.2 Å². The molecule has 0 spiro atoms. The van der Waals surface area contributed by atoms with Crippen molar-refractivity contribution >= 4 is 50.3 Å². The standard InChI is InChI=1S/C30H31FN8O3/c1-32-22-10-17(31)9-18-24-26(38-7-5-15-4-6-37(3)23(15)14-38)20(12-34-28(24)36-25(18)22)16-8-19-27(40)21(30(41)42)13-39(33-2)29(19)35-11-16/h8-13,15,23,32-33H,4-7,14H2,1-3H3,(H,34,36)(H,41,42)/t15-,23+/m0/s1. The minimum atomic E-state index is -1.32. The van der Waals surface area contributed by atoms with E-state index in [9.17, 15) is 19.1 Å². The van der Waals surface area contributed by atoms with Crippen molar-refractivity contribution in [1.82, 2.24) is 24.5 Å². The summed E-state index contributed by atoms with van der Waals surface area (Å²) in [4.78, 5) is 42.6. The van der Waals surface area contributed by atoms with Gasteiger partial charge in [0.1, 0.15) is 17.0 Å². The van der Waals surface area contributed by atoms with Gasteiger partial charge in [-0.05, 0) is 50.6 Å². The number of H-pyrrole nitrogens is 1. The molecule has 2 saturated heterocycles. The molecule has 1 aromatic carbocycles. The molecule has 0 bridgehead atoms. The van der Waals surface area contributed by atoms with Crippen molar-refractivity contribution < 1.29 is 14.3 Å². The molecule has 2 fully saturated rings. The Morgan fingerprint density at radius 2 is 1.93 bits per heavy atom. The van der Waals surface area contributed by atoms with Crippen molar-refractivity contribution in [2.75, 3.05) is 56.4 Å². The van der Waals surface area contributed by atoms with Gasteiger partial charge >= 0.3 is 5.97 Å². The highest BCUT2D eigenvalue weighted by Crippen LogP contribution is 2.44. The Morgan fingerprint density at radius 1 is 1.12 bits per heavy atom. The van der Waals surface area contributed by atoms with Gasteiger partial charge in [0.05, 0.1) is 27.7 Å². The summed E-state index contributed by atoms with van der Waals surface area (Å²) in [6.07, 6.45) is 6.87. The Bertz CT molecular complexity index is 1970. The number of aromatic nitrogens is 4. The number of fused-ring (bicyclic) bond motifs is 5. The molecule has 0 radical (unpaired) electrons. The summed E-state index contributed by atoms with van der Waals surface area (Å²) in [6.45, 7) is 2.67. The number of piperidine rings is 1. The second kappa shape index (κ2) is 9.69. The number of benzene rings is 1. The van der Waals surface area contributed by atoms with Gasteiger partial charge in [-0.3, -0.25) is 4.79 Å². The van der Waals surface area contributed by atoms with Crippen LogP contribution in [0.15, 0.2) is 41.6 Å². The van der Waals surface area contributed by atoms with Crippen LogP contribution >= 0.6 is 0 Å². The number of aromatic amines is 1. The number of likely N-dealkylation sites (tertiary alicyclic amines) is 1. The predicted octanol–water partition coefficient (Wildman–Crippen LogP) is 3.68. The molecule has 7 rings (SSSR count). The molecular formula is C30H31FN8O3. The van der Waals surface area contributed by atoms with E-state index in [2.05, 4.69) is 37.6 Å². The highest BCUT2D eigenvalue weighted by Gasteiger charge is 2.38. The maximum atomic E-state index is 14.9. The van der Waals surface area contributed by atoms with Crippen molar-refractivity contribution in [2.24, 2.45) is 5.92 Å². The molecule has 0 saturated carbocycles. The van der Waals surface area contributed by atoms with Crippen molar-refractivity contribution in [2.45, 2.75) is 18.9 Å². The first kappa shape index (κ1) is 26.2. The molecule has 2 atom stereocenters. The Balaban J connectivity index is 1.52. The third-order valence-electron chi connectivity index (χ3n) is 9.02. The quantitative estimate of drug-likeness (QED) is 0.250. The topological polar surface area (TPSA) is 131 Å². The minimum Gasteiger partial charge on any atom is -0.477 e. The molecule has 4 aromatic heterocycles. The number of pyridine rings is 3. The largest absolute Gasteiger partial charge is 0.477 e.